The van der Waals surface area contributed by atoms with Gasteiger partial charge in [0.2, 0.25) is 0 Å². The third kappa shape index (κ3) is 4.97. The Bertz CT molecular complexity index is 536. The third-order valence-electron chi connectivity index (χ3n) is 5.90. The zero-order valence-corrected chi connectivity index (χ0v) is 18.0. The summed E-state index contributed by atoms with van der Waals surface area (Å²) in [4.78, 5) is 12.4. The summed E-state index contributed by atoms with van der Waals surface area (Å²) < 4.78 is 6.27. The van der Waals surface area contributed by atoms with E-state index in [0.717, 1.165) is 18.4 Å². The molecule has 0 aromatic carbocycles. The van der Waals surface area contributed by atoms with E-state index < -0.39 is 13.7 Å². The number of ketones is 1. The van der Waals surface area contributed by atoms with Gasteiger partial charge in [-0.15, -0.1) is 17.5 Å². The van der Waals surface area contributed by atoms with E-state index in [9.17, 15) is 4.79 Å². The quantitative estimate of drug-likeness (QED) is 0.265. The van der Waals surface area contributed by atoms with Crippen LogP contribution < -0.4 is 0 Å². The molecule has 1 saturated carbocycles. The number of carbonyl (C=O) groups is 1. The van der Waals surface area contributed by atoms with Gasteiger partial charge in [0.25, 0.3) is 0 Å². The van der Waals surface area contributed by atoms with Crippen LogP contribution in [0.25, 0.3) is 0 Å². The fourth-order valence-corrected chi connectivity index (χ4v) is 4.21. The number of hydrogen-bond acceptors (Lipinski definition) is 2. The van der Waals surface area contributed by atoms with Crippen molar-refractivity contribution in [3.8, 4) is 11.8 Å². The normalized spacial score (nSPS) is 24.6. The molecule has 24 heavy (non-hydrogen) atoms. The van der Waals surface area contributed by atoms with Gasteiger partial charge in [0.15, 0.2) is 8.32 Å². The summed E-state index contributed by atoms with van der Waals surface area (Å²) in [5, 5.41) is 0.212. The van der Waals surface area contributed by atoms with Crippen molar-refractivity contribution >= 4 is 25.7 Å². The molecule has 0 saturated heterocycles. The van der Waals surface area contributed by atoms with Crippen LogP contribution in [0.1, 0.15) is 53.4 Å². The average Bonchev–Trinajstić information content (AvgIpc) is 2.74. The van der Waals surface area contributed by atoms with Crippen LogP contribution in [0.4, 0.5) is 0 Å². The molecule has 0 aromatic heterocycles. The standard InChI is InChI=1S/C20H33ClO2Si/c1-16(12-15-23-24(6,7)19(2,3)4)17-10-11-18(22)20(17,5)13-8-9-14-21/h17H,1,10-15H2,2-7H3/t17-,20-/m0/s1. The summed E-state index contributed by atoms with van der Waals surface area (Å²) in [6, 6.07) is 0. The largest absolute Gasteiger partial charge is 0.417 e. The van der Waals surface area contributed by atoms with E-state index in [4.69, 9.17) is 16.0 Å². The van der Waals surface area contributed by atoms with Gasteiger partial charge in [-0.3, -0.25) is 4.79 Å². The fourth-order valence-electron chi connectivity index (χ4n) is 3.07. The third-order valence-corrected chi connectivity index (χ3v) is 10.6. The lowest BCUT2D eigenvalue weighted by Gasteiger charge is -2.36. The van der Waals surface area contributed by atoms with Crippen molar-refractivity contribution in [1.29, 1.82) is 0 Å². The van der Waals surface area contributed by atoms with E-state index in [1.165, 1.54) is 0 Å². The molecule has 4 heteroatoms. The smallest absolute Gasteiger partial charge is 0.191 e. The summed E-state index contributed by atoms with van der Waals surface area (Å²) in [5.41, 5.74) is 0.724. The van der Waals surface area contributed by atoms with Gasteiger partial charge in [-0.05, 0) is 36.9 Å². The van der Waals surface area contributed by atoms with E-state index in [-0.39, 0.29) is 11.0 Å². The van der Waals surface area contributed by atoms with Crippen molar-refractivity contribution in [2.75, 3.05) is 12.5 Å². The zero-order valence-electron chi connectivity index (χ0n) is 16.2. The molecule has 0 amide bonds. The Labute approximate surface area is 154 Å². The SMILES string of the molecule is C=C(CCO[Si](C)(C)C(C)(C)C)[C@@H]1CCC(=O)[C@@]1(C)CC#CCCl. The van der Waals surface area contributed by atoms with Crippen LogP contribution in [0.2, 0.25) is 18.1 Å². The fraction of sp³-hybridized carbons (Fsp3) is 0.750. The van der Waals surface area contributed by atoms with Crippen molar-refractivity contribution < 1.29 is 9.22 Å². The number of alkyl halides is 1. The minimum Gasteiger partial charge on any atom is -0.417 e. The van der Waals surface area contributed by atoms with E-state index >= 15 is 0 Å². The molecule has 0 unspecified atom stereocenters. The number of halogens is 1. The predicted octanol–water partition coefficient (Wildman–Crippen LogP) is 5.57. The van der Waals surface area contributed by atoms with Gasteiger partial charge < -0.3 is 4.43 Å². The van der Waals surface area contributed by atoms with Crippen LogP contribution in [0, 0.1) is 23.2 Å². The molecular weight excluding hydrogens is 336 g/mol. The van der Waals surface area contributed by atoms with Crippen molar-refractivity contribution in [2.45, 2.75) is 71.5 Å². The van der Waals surface area contributed by atoms with Crippen LogP contribution in [-0.2, 0) is 9.22 Å². The zero-order chi connectivity index (χ0) is 18.6. The van der Waals surface area contributed by atoms with Crippen molar-refractivity contribution in [3.63, 3.8) is 0 Å². The molecule has 0 N–H and O–H groups in total. The molecule has 2 nitrogen and oxygen atoms in total. The lowest BCUT2D eigenvalue weighted by molar-refractivity contribution is -0.125. The highest BCUT2D eigenvalue weighted by Gasteiger charge is 2.46. The highest BCUT2D eigenvalue weighted by Crippen LogP contribution is 2.47. The Morgan fingerprint density at radius 1 is 1.42 bits per heavy atom. The molecule has 1 fully saturated rings. The highest BCUT2D eigenvalue weighted by atomic mass is 35.5. The maximum atomic E-state index is 12.4. The molecule has 0 spiro atoms. The molecule has 0 bridgehead atoms. The van der Waals surface area contributed by atoms with Crippen molar-refractivity contribution in [3.05, 3.63) is 12.2 Å². The number of Topliss-reactive ketones (excluding diaryl/α,β-unsaturated/α-hetero) is 1. The van der Waals surface area contributed by atoms with Crippen LogP contribution in [0.15, 0.2) is 12.2 Å². The predicted molar refractivity (Wildman–Crippen MR) is 106 cm³/mol. The van der Waals surface area contributed by atoms with Crippen LogP contribution >= 0.6 is 11.6 Å². The molecule has 0 aromatic rings. The first-order valence-corrected chi connectivity index (χ1v) is 12.3. The lowest BCUT2D eigenvalue weighted by Crippen LogP contribution is -2.41. The molecule has 1 aliphatic carbocycles. The van der Waals surface area contributed by atoms with E-state index in [0.29, 0.717) is 31.1 Å². The second-order valence-electron chi connectivity index (χ2n) is 8.61. The average molecular weight is 369 g/mol. The number of hydrogen-bond donors (Lipinski definition) is 0. The first kappa shape index (κ1) is 21.5. The molecule has 0 heterocycles. The monoisotopic (exact) mass is 368 g/mol. The molecule has 0 aliphatic heterocycles. The van der Waals surface area contributed by atoms with E-state index in [1.54, 1.807) is 0 Å². The highest BCUT2D eigenvalue weighted by molar-refractivity contribution is 6.74. The van der Waals surface area contributed by atoms with Crippen LogP contribution in [-0.4, -0.2) is 26.6 Å². The molecule has 0 radical (unpaired) electrons. The van der Waals surface area contributed by atoms with Gasteiger partial charge in [-0.1, -0.05) is 45.8 Å². The first-order valence-electron chi connectivity index (χ1n) is 8.82. The van der Waals surface area contributed by atoms with Crippen molar-refractivity contribution in [1.82, 2.24) is 0 Å². The van der Waals surface area contributed by atoms with Gasteiger partial charge in [-0.2, -0.15) is 0 Å². The Hall–Kier alpha value is -0.563. The molecular formula is C20H33ClO2Si. The van der Waals surface area contributed by atoms with Crippen molar-refractivity contribution in [2.24, 2.45) is 11.3 Å². The first-order chi connectivity index (χ1) is 11.0. The molecule has 1 rings (SSSR count). The molecule has 2 atom stereocenters. The Balaban J connectivity index is 2.68. The summed E-state index contributed by atoms with van der Waals surface area (Å²) in [6.07, 6.45) is 2.91. The summed E-state index contributed by atoms with van der Waals surface area (Å²) in [5.74, 6) is 6.77. The van der Waals surface area contributed by atoms with E-state index in [2.05, 4.69) is 52.3 Å². The number of carbonyl (C=O) groups excluding carboxylic acids is 1. The maximum Gasteiger partial charge on any atom is 0.191 e. The molecule has 1 aliphatic rings. The van der Waals surface area contributed by atoms with E-state index in [1.807, 2.05) is 6.92 Å². The number of rotatable bonds is 6. The second-order valence-corrected chi connectivity index (χ2v) is 13.7. The van der Waals surface area contributed by atoms with Gasteiger partial charge in [-0.25, -0.2) is 0 Å². The lowest BCUT2D eigenvalue weighted by atomic mass is 9.73. The minimum absolute atomic E-state index is 0.206. The van der Waals surface area contributed by atoms with Crippen LogP contribution in [0.5, 0.6) is 0 Å². The summed E-state index contributed by atoms with van der Waals surface area (Å²) in [6.45, 7) is 18.3. The Morgan fingerprint density at radius 2 is 2.04 bits per heavy atom. The van der Waals surface area contributed by atoms with Crippen LogP contribution in [0.3, 0.4) is 0 Å². The minimum atomic E-state index is -1.73. The van der Waals surface area contributed by atoms with Gasteiger partial charge >= 0.3 is 0 Å². The van der Waals surface area contributed by atoms with Gasteiger partial charge in [0.1, 0.15) is 5.78 Å². The maximum absolute atomic E-state index is 12.4. The summed E-state index contributed by atoms with van der Waals surface area (Å²) >= 11 is 5.63. The topological polar surface area (TPSA) is 26.3 Å². The Kier molecular flexibility index (Phi) is 7.35. The van der Waals surface area contributed by atoms with Gasteiger partial charge in [0.05, 0.1) is 5.88 Å². The second kappa shape index (κ2) is 8.21. The molecule has 136 valence electrons. The summed E-state index contributed by atoms with van der Waals surface area (Å²) in [7, 11) is -1.73. The Morgan fingerprint density at radius 3 is 2.58 bits per heavy atom. The van der Waals surface area contributed by atoms with Gasteiger partial charge in [0, 0.05) is 24.9 Å².